The Bertz CT molecular complexity index is 1030. The fourth-order valence-corrected chi connectivity index (χ4v) is 3.92. The van der Waals surface area contributed by atoms with Crippen LogP contribution in [0.1, 0.15) is 43.1 Å². The van der Waals surface area contributed by atoms with Crippen LogP contribution in [0.2, 0.25) is 0 Å². The molecule has 2 fully saturated rings. The monoisotopic (exact) mass is 374 g/mol. The number of aromatic nitrogens is 5. The van der Waals surface area contributed by atoms with Crippen molar-refractivity contribution in [1.82, 2.24) is 24.8 Å². The molecule has 0 amide bonds. The molecule has 1 saturated heterocycles. The van der Waals surface area contributed by atoms with Crippen molar-refractivity contribution in [3.05, 3.63) is 41.9 Å². The summed E-state index contributed by atoms with van der Waals surface area (Å²) >= 11 is 0. The Balaban J connectivity index is 1.36. The minimum Gasteiger partial charge on any atom is -0.355 e. The molecule has 2 aliphatic rings. The molecule has 1 aliphatic carbocycles. The van der Waals surface area contributed by atoms with E-state index in [2.05, 4.69) is 31.1 Å². The first-order valence-corrected chi connectivity index (χ1v) is 9.91. The summed E-state index contributed by atoms with van der Waals surface area (Å²) in [4.78, 5) is 9.01. The number of rotatable bonds is 3. The zero-order chi connectivity index (χ0) is 18.9. The molecule has 3 aromatic rings. The second-order valence-corrected chi connectivity index (χ2v) is 7.47. The molecule has 0 atom stereocenters. The third-order valence-corrected chi connectivity index (χ3v) is 5.74. The first-order valence-electron chi connectivity index (χ1n) is 9.91. The van der Waals surface area contributed by atoms with E-state index in [0.717, 1.165) is 55.7 Å². The second kappa shape index (κ2) is 7.08. The minimum atomic E-state index is 0.460. The van der Waals surface area contributed by atoms with Crippen LogP contribution in [0, 0.1) is 11.3 Å². The quantitative estimate of drug-likeness (QED) is 0.695. The Morgan fingerprint density at radius 1 is 0.893 bits per heavy atom. The van der Waals surface area contributed by atoms with Gasteiger partial charge in [-0.25, -0.2) is 4.98 Å². The normalized spacial score (nSPS) is 18.0. The zero-order valence-corrected chi connectivity index (χ0v) is 15.7. The molecule has 0 radical (unpaired) electrons. The second-order valence-electron chi connectivity index (χ2n) is 7.47. The molecule has 8 heteroatoms. The van der Waals surface area contributed by atoms with Crippen molar-refractivity contribution in [3.8, 4) is 6.07 Å². The predicted octanol–water partition coefficient (Wildman–Crippen LogP) is 2.38. The van der Waals surface area contributed by atoms with Gasteiger partial charge in [0.2, 0.25) is 0 Å². The molecule has 1 aliphatic heterocycles. The first kappa shape index (κ1) is 16.9. The summed E-state index contributed by atoms with van der Waals surface area (Å²) < 4.78 is 1.93. The summed E-state index contributed by atoms with van der Waals surface area (Å²) in [5.74, 6) is 3.33. The van der Waals surface area contributed by atoms with Crippen molar-refractivity contribution in [1.29, 1.82) is 5.26 Å². The van der Waals surface area contributed by atoms with Crippen LogP contribution in [0.15, 0.2) is 30.3 Å². The van der Waals surface area contributed by atoms with Crippen LogP contribution in [0.25, 0.3) is 5.65 Å². The van der Waals surface area contributed by atoms with Gasteiger partial charge in [0.05, 0.1) is 0 Å². The summed E-state index contributed by atoms with van der Waals surface area (Å²) in [6.07, 6.45) is 4.64. The lowest BCUT2D eigenvalue weighted by Gasteiger charge is -2.25. The predicted molar refractivity (Wildman–Crippen MR) is 105 cm³/mol. The van der Waals surface area contributed by atoms with E-state index in [0.29, 0.717) is 11.6 Å². The molecule has 0 aromatic carbocycles. The summed E-state index contributed by atoms with van der Waals surface area (Å²) in [7, 11) is 0. The van der Waals surface area contributed by atoms with Gasteiger partial charge >= 0.3 is 0 Å². The van der Waals surface area contributed by atoms with E-state index in [4.69, 9.17) is 10.4 Å². The SMILES string of the molecule is N#Cc1cccc(N2CCCN(c3ccc4nnc(C5CCC5)n4n3)CC2)n1. The summed E-state index contributed by atoms with van der Waals surface area (Å²) in [6.45, 7) is 3.56. The van der Waals surface area contributed by atoms with Gasteiger partial charge in [-0.05, 0) is 43.5 Å². The van der Waals surface area contributed by atoms with Crippen molar-refractivity contribution in [3.63, 3.8) is 0 Å². The van der Waals surface area contributed by atoms with Crippen molar-refractivity contribution >= 4 is 17.3 Å². The number of nitriles is 1. The van der Waals surface area contributed by atoms with Gasteiger partial charge in [-0.3, -0.25) is 0 Å². The molecular formula is C20H22N8. The fraction of sp³-hybridized carbons (Fsp3) is 0.450. The van der Waals surface area contributed by atoms with E-state index in [-0.39, 0.29) is 0 Å². The molecule has 0 bridgehead atoms. The maximum atomic E-state index is 9.10. The van der Waals surface area contributed by atoms with Crippen LogP contribution >= 0.6 is 0 Å². The topological polar surface area (TPSA) is 86.2 Å². The lowest BCUT2D eigenvalue weighted by atomic mass is 9.85. The Hall–Kier alpha value is -3.21. The van der Waals surface area contributed by atoms with Crippen molar-refractivity contribution < 1.29 is 0 Å². The van der Waals surface area contributed by atoms with Crippen LogP contribution in [0.5, 0.6) is 0 Å². The third kappa shape index (κ3) is 3.03. The average Bonchev–Trinajstić information content (AvgIpc) is 2.94. The highest BCUT2D eigenvalue weighted by Crippen LogP contribution is 2.35. The number of anilines is 2. The van der Waals surface area contributed by atoms with E-state index < -0.39 is 0 Å². The molecule has 3 aromatic heterocycles. The maximum absolute atomic E-state index is 9.10. The maximum Gasteiger partial charge on any atom is 0.178 e. The average molecular weight is 374 g/mol. The number of pyridine rings is 1. The summed E-state index contributed by atoms with van der Waals surface area (Å²) in [6, 6.07) is 11.8. The Morgan fingerprint density at radius 3 is 2.46 bits per heavy atom. The van der Waals surface area contributed by atoms with Crippen LogP contribution < -0.4 is 9.80 Å². The number of hydrogen-bond donors (Lipinski definition) is 0. The summed E-state index contributed by atoms with van der Waals surface area (Å²) in [5.41, 5.74) is 1.28. The van der Waals surface area contributed by atoms with Gasteiger partial charge in [0.15, 0.2) is 11.5 Å². The van der Waals surface area contributed by atoms with E-state index >= 15 is 0 Å². The standard InChI is InChI=1S/C20H22N8/c21-14-16-6-2-7-17(22-16)26-10-3-11-27(13-12-26)19-9-8-18-23-24-20(28(18)25-19)15-4-1-5-15/h2,6-9,15H,1,3-5,10-13H2. The molecule has 0 unspecified atom stereocenters. The highest BCUT2D eigenvalue weighted by atomic mass is 15.4. The van der Waals surface area contributed by atoms with Gasteiger partial charge in [-0.2, -0.15) is 9.78 Å². The number of nitrogens with zero attached hydrogens (tertiary/aromatic N) is 8. The van der Waals surface area contributed by atoms with Gasteiger partial charge in [0, 0.05) is 32.1 Å². The molecule has 28 heavy (non-hydrogen) atoms. The van der Waals surface area contributed by atoms with Gasteiger partial charge in [0.25, 0.3) is 0 Å². The van der Waals surface area contributed by atoms with Crippen LogP contribution in [0.3, 0.4) is 0 Å². The molecule has 8 nitrogen and oxygen atoms in total. The van der Waals surface area contributed by atoms with Crippen LogP contribution in [-0.4, -0.2) is 51.0 Å². The van der Waals surface area contributed by atoms with E-state index in [1.807, 2.05) is 28.8 Å². The Morgan fingerprint density at radius 2 is 1.71 bits per heavy atom. The van der Waals surface area contributed by atoms with E-state index in [1.165, 1.54) is 19.3 Å². The molecule has 1 saturated carbocycles. The zero-order valence-electron chi connectivity index (χ0n) is 15.7. The van der Waals surface area contributed by atoms with E-state index in [9.17, 15) is 0 Å². The van der Waals surface area contributed by atoms with Gasteiger partial charge in [0.1, 0.15) is 23.4 Å². The van der Waals surface area contributed by atoms with Gasteiger partial charge in [-0.15, -0.1) is 15.3 Å². The van der Waals surface area contributed by atoms with Crippen LogP contribution in [0.4, 0.5) is 11.6 Å². The lowest BCUT2D eigenvalue weighted by molar-refractivity contribution is 0.395. The molecule has 4 heterocycles. The number of hydrogen-bond acceptors (Lipinski definition) is 7. The highest BCUT2D eigenvalue weighted by molar-refractivity contribution is 5.48. The van der Waals surface area contributed by atoms with Crippen LogP contribution in [-0.2, 0) is 0 Å². The Kier molecular flexibility index (Phi) is 4.28. The molecule has 142 valence electrons. The smallest absolute Gasteiger partial charge is 0.178 e. The minimum absolute atomic E-state index is 0.460. The molecule has 0 spiro atoms. The summed E-state index contributed by atoms with van der Waals surface area (Å²) in [5, 5.41) is 22.6. The third-order valence-electron chi connectivity index (χ3n) is 5.74. The first-order chi connectivity index (χ1) is 13.8. The largest absolute Gasteiger partial charge is 0.355 e. The molecular weight excluding hydrogens is 352 g/mol. The van der Waals surface area contributed by atoms with Crippen molar-refractivity contribution in [2.75, 3.05) is 36.0 Å². The van der Waals surface area contributed by atoms with Gasteiger partial charge < -0.3 is 9.80 Å². The highest BCUT2D eigenvalue weighted by Gasteiger charge is 2.26. The van der Waals surface area contributed by atoms with Gasteiger partial charge in [-0.1, -0.05) is 12.5 Å². The van der Waals surface area contributed by atoms with Crippen molar-refractivity contribution in [2.24, 2.45) is 0 Å². The number of fused-ring (bicyclic) bond motifs is 1. The van der Waals surface area contributed by atoms with Crippen molar-refractivity contribution in [2.45, 2.75) is 31.6 Å². The molecule has 0 N–H and O–H groups in total. The lowest BCUT2D eigenvalue weighted by Crippen LogP contribution is -2.32. The van der Waals surface area contributed by atoms with E-state index in [1.54, 1.807) is 6.07 Å². The molecule has 5 rings (SSSR count). The Labute approximate surface area is 163 Å². The fourth-order valence-electron chi connectivity index (χ4n) is 3.92.